The predicted molar refractivity (Wildman–Crippen MR) is 312 cm³/mol. The number of esters is 2. The molecule has 0 saturated heterocycles. The van der Waals surface area contributed by atoms with Crippen LogP contribution in [0.25, 0.3) is 0 Å². The van der Waals surface area contributed by atoms with E-state index in [1.165, 1.54) is 270 Å². The van der Waals surface area contributed by atoms with Gasteiger partial charge in [-0.25, -0.2) is 4.57 Å². The van der Waals surface area contributed by atoms with Crippen LogP contribution < -0.4 is 5.73 Å². The van der Waals surface area contributed by atoms with Gasteiger partial charge in [-0.15, -0.1) is 0 Å². The van der Waals surface area contributed by atoms with Crippen molar-refractivity contribution >= 4 is 19.8 Å². The van der Waals surface area contributed by atoms with Crippen molar-refractivity contribution in [2.45, 2.75) is 341 Å². The van der Waals surface area contributed by atoms with Gasteiger partial charge in [0.2, 0.25) is 0 Å². The Balaban J connectivity index is 3.80. The summed E-state index contributed by atoms with van der Waals surface area (Å²) in [6.07, 6.45) is 71.2. The highest BCUT2D eigenvalue weighted by Gasteiger charge is 2.26. The van der Waals surface area contributed by atoms with Crippen molar-refractivity contribution < 1.29 is 37.6 Å². The molecule has 0 spiro atoms. The van der Waals surface area contributed by atoms with Gasteiger partial charge < -0.3 is 20.1 Å². The molecule has 0 radical (unpaired) electrons. The van der Waals surface area contributed by atoms with Gasteiger partial charge in [0.05, 0.1) is 13.2 Å². The van der Waals surface area contributed by atoms with Gasteiger partial charge in [0.25, 0.3) is 0 Å². The van der Waals surface area contributed by atoms with Gasteiger partial charge in [-0.05, 0) is 64.2 Å². The van der Waals surface area contributed by atoms with Crippen LogP contribution >= 0.6 is 7.82 Å². The normalized spacial score (nSPS) is 13.1. The quantitative estimate of drug-likeness (QED) is 0.0264. The Hall–Kier alpha value is -1.51. The summed E-state index contributed by atoms with van der Waals surface area (Å²) in [4.78, 5) is 35.2. The topological polar surface area (TPSA) is 134 Å². The van der Waals surface area contributed by atoms with E-state index in [-0.39, 0.29) is 38.6 Å². The smallest absolute Gasteiger partial charge is 0.462 e. The number of unbranched alkanes of at least 4 members (excludes halogenated alkanes) is 44. The lowest BCUT2D eigenvalue weighted by atomic mass is 10.0. The minimum atomic E-state index is -4.38. The molecule has 2 unspecified atom stereocenters. The Labute approximate surface area is 452 Å². The zero-order chi connectivity index (χ0) is 53.1. The molecule has 0 aromatic heterocycles. The first-order valence-electron chi connectivity index (χ1n) is 31.8. The van der Waals surface area contributed by atoms with Crippen LogP contribution in [0.2, 0.25) is 0 Å². The van der Waals surface area contributed by atoms with Crippen molar-refractivity contribution in [2.24, 2.45) is 5.73 Å². The van der Waals surface area contributed by atoms with E-state index in [0.29, 0.717) is 6.42 Å². The number of hydrogen-bond acceptors (Lipinski definition) is 8. The monoisotopic (exact) mass is 1050 g/mol. The lowest BCUT2D eigenvalue weighted by Gasteiger charge is -2.19. The molecule has 9 nitrogen and oxygen atoms in total. The molecule has 0 aromatic rings. The molecule has 0 amide bonds. The lowest BCUT2D eigenvalue weighted by molar-refractivity contribution is -0.161. The van der Waals surface area contributed by atoms with Crippen LogP contribution in [0.5, 0.6) is 0 Å². The van der Waals surface area contributed by atoms with Crippen molar-refractivity contribution in [2.75, 3.05) is 26.4 Å². The maximum Gasteiger partial charge on any atom is 0.472 e. The molecule has 2 atom stereocenters. The molecule has 0 fully saturated rings. The Kier molecular flexibility index (Phi) is 58.5. The van der Waals surface area contributed by atoms with Gasteiger partial charge in [-0.3, -0.25) is 18.6 Å². The number of hydrogen-bond donors (Lipinski definition) is 2. The standard InChI is InChI=1S/C63H122NO8P/c1-3-5-7-9-11-13-15-17-19-21-22-23-24-25-26-27-28-29-30-31-32-33-34-35-36-37-38-40-42-44-46-48-50-52-54-56-63(66)72-61(60-71-73(67,68)70-58-57-64)59-69-62(65)55-53-51-49-47-45-43-41-39-20-18-16-14-12-10-8-6-4-2/h18,20-22,61H,3-17,19,23-60,64H2,1-2H3,(H,67,68)/b20-18-,22-21-. The summed E-state index contributed by atoms with van der Waals surface area (Å²) >= 11 is 0. The molecule has 0 heterocycles. The Morgan fingerprint density at radius 3 is 0.973 bits per heavy atom. The number of phosphoric ester groups is 1. The third kappa shape index (κ3) is 59.6. The van der Waals surface area contributed by atoms with E-state index in [1.807, 2.05) is 0 Å². The molecule has 73 heavy (non-hydrogen) atoms. The predicted octanol–water partition coefficient (Wildman–Crippen LogP) is 20.2. The summed E-state index contributed by atoms with van der Waals surface area (Å²) in [6, 6.07) is 0. The van der Waals surface area contributed by atoms with Gasteiger partial charge in [0, 0.05) is 19.4 Å². The van der Waals surface area contributed by atoms with Crippen LogP contribution in [0.4, 0.5) is 0 Å². The highest BCUT2D eigenvalue weighted by Crippen LogP contribution is 2.43. The van der Waals surface area contributed by atoms with Crippen molar-refractivity contribution in [3.63, 3.8) is 0 Å². The van der Waals surface area contributed by atoms with E-state index in [2.05, 4.69) is 38.2 Å². The van der Waals surface area contributed by atoms with E-state index in [0.717, 1.165) is 32.1 Å². The SMILES string of the molecule is CCCCCCCC/C=C\CCCCCCCCCC(=O)OCC(COP(=O)(O)OCCN)OC(=O)CCCCCCCCCCCCCCCCCCCCCCCCC/C=C\CCCCCCCCCC. The minimum Gasteiger partial charge on any atom is -0.462 e. The molecule has 10 heteroatoms. The first-order chi connectivity index (χ1) is 35.8. The molecule has 0 bridgehead atoms. The molecule has 432 valence electrons. The van der Waals surface area contributed by atoms with Crippen molar-refractivity contribution in [1.82, 2.24) is 0 Å². The average Bonchev–Trinajstić information content (AvgIpc) is 3.38. The highest BCUT2D eigenvalue weighted by molar-refractivity contribution is 7.47. The van der Waals surface area contributed by atoms with Gasteiger partial charge in [-0.2, -0.15) is 0 Å². The number of phosphoric acid groups is 1. The summed E-state index contributed by atoms with van der Waals surface area (Å²) in [5.41, 5.74) is 5.39. The Morgan fingerprint density at radius 2 is 0.671 bits per heavy atom. The minimum absolute atomic E-state index is 0.0555. The van der Waals surface area contributed by atoms with Crippen LogP contribution in [-0.2, 0) is 32.7 Å². The fourth-order valence-electron chi connectivity index (χ4n) is 9.57. The number of rotatable bonds is 61. The van der Waals surface area contributed by atoms with E-state index in [4.69, 9.17) is 24.3 Å². The lowest BCUT2D eigenvalue weighted by Crippen LogP contribution is -2.29. The summed E-state index contributed by atoms with van der Waals surface area (Å²) in [5, 5.41) is 0. The molecule has 0 saturated carbocycles. The first kappa shape index (κ1) is 71.5. The van der Waals surface area contributed by atoms with Crippen LogP contribution in [0.15, 0.2) is 24.3 Å². The van der Waals surface area contributed by atoms with Crippen LogP contribution in [0.1, 0.15) is 335 Å². The summed E-state index contributed by atoms with van der Waals surface area (Å²) in [5.74, 6) is -0.815. The Bertz CT molecular complexity index is 1250. The summed E-state index contributed by atoms with van der Waals surface area (Å²) < 4.78 is 33.1. The third-order valence-electron chi connectivity index (χ3n) is 14.3. The van der Waals surface area contributed by atoms with E-state index >= 15 is 0 Å². The highest BCUT2D eigenvalue weighted by atomic mass is 31.2. The van der Waals surface area contributed by atoms with E-state index in [9.17, 15) is 19.0 Å². The second-order valence-electron chi connectivity index (χ2n) is 21.6. The largest absolute Gasteiger partial charge is 0.472 e. The third-order valence-corrected chi connectivity index (χ3v) is 15.3. The fourth-order valence-corrected chi connectivity index (χ4v) is 10.3. The van der Waals surface area contributed by atoms with E-state index in [1.54, 1.807) is 0 Å². The van der Waals surface area contributed by atoms with Crippen LogP contribution in [0.3, 0.4) is 0 Å². The van der Waals surface area contributed by atoms with E-state index < -0.39 is 26.5 Å². The van der Waals surface area contributed by atoms with Crippen LogP contribution in [-0.4, -0.2) is 49.3 Å². The van der Waals surface area contributed by atoms with Gasteiger partial charge in [-0.1, -0.05) is 282 Å². The van der Waals surface area contributed by atoms with Crippen LogP contribution in [0, 0.1) is 0 Å². The number of nitrogens with two attached hydrogens (primary N) is 1. The zero-order valence-electron chi connectivity index (χ0n) is 48.4. The second kappa shape index (κ2) is 59.7. The van der Waals surface area contributed by atoms with Crippen molar-refractivity contribution in [3.05, 3.63) is 24.3 Å². The number of ether oxygens (including phenoxy) is 2. The van der Waals surface area contributed by atoms with Gasteiger partial charge in [0.15, 0.2) is 6.10 Å². The van der Waals surface area contributed by atoms with Crippen molar-refractivity contribution in [1.29, 1.82) is 0 Å². The summed E-state index contributed by atoms with van der Waals surface area (Å²) in [6.45, 7) is 3.79. The molecule has 0 aliphatic carbocycles. The molecule has 0 aliphatic rings. The average molecular weight is 1050 g/mol. The first-order valence-corrected chi connectivity index (χ1v) is 33.3. The molecule has 0 aliphatic heterocycles. The molecular formula is C63H122NO8P. The van der Waals surface area contributed by atoms with Crippen molar-refractivity contribution in [3.8, 4) is 0 Å². The number of carbonyl (C=O) groups is 2. The Morgan fingerprint density at radius 1 is 0.397 bits per heavy atom. The second-order valence-corrected chi connectivity index (χ2v) is 23.1. The maximum absolute atomic E-state index is 12.7. The molecule has 3 N–H and O–H groups in total. The molecule has 0 rings (SSSR count). The number of carbonyl (C=O) groups excluding carboxylic acids is 2. The fraction of sp³-hybridized carbons (Fsp3) is 0.905. The summed E-state index contributed by atoms with van der Waals surface area (Å²) in [7, 11) is -4.38. The molecular weight excluding hydrogens is 930 g/mol. The maximum atomic E-state index is 12.7. The van der Waals surface area contributed by atoms with Gasteiger partial charge >= 0.3 is 19.8 Å². The zero-order valence-corrected chi connectivity index (χ0v) is 49.3. The number of allylic oxidation sites excluding steroid dienone is 4. The molecule has 0 aromatic carbocycles. The van der Waals surface area contributed by atoms with Gasteiger partial charge in [0.1, 0.15) is 6.61 Å².